The van der Waals surface area contributed by atoms with E-state index in [-0.39, 0.29) is 11.4 Å². The van der Waals surface area contributed by atoms with Crippen LogP contribution in [0.25, 0.3) is 5.69 Å². The lowest BCUT2D eigenvalue weighted by Gasteiger charge is -2.30. The Labute approximate surface area is 138 Å². The number of nitrogens with zero attached hydrogens (tertiary/aromatic N) is 4. The van der Waals surface area contributed by atoms with Crippen LogP contribution in [0.2, 0.25) is 0 Å². The Bertz CT molecular complexity index is 747. The number of hydrogen-bond acceptors (Lipinski definition) is 4. The standard InChI is InChI=1S/C16H18FN5O2/c1-11-3-2-6-21(8-11)16(24)15(23)20-12-4-5-14(13(17)7-12)22-10-18-9-19-22/h4-5,7,9-11H,2-3,6,8H2,1H3,(H,20,23)/t11-/m0/s1. The number of carbonyl (C=O) groups is 2. The molecule has 1 aliphatic heterocycles. The molecule has 3 rings (SSSR count). The van der Waals surface area contributed by atoms with Crippen LogP contribution in [0.4, 0.5) is 10.1 Å². The zero-order valence-corrected chi connectivity index (χ0v) is 13.3. The molecule has 8 heteroatoms. The van der Waals surface area contributed by atoms with Crippen LogP contribution >= 0.6 is 0 Å². The minimum atomic E-state index is -0.753. The maximum atomic E-state index is 14.1. The molecular weight excluding hydrogens is 313 g/mol. The van der Waals surface area contributed by atoms with E-state index in [2.05, 4.69) is 22.3 Å². The molecule has 1 fully saturated rings. The third kappa shape index (κ3) is 3.42. The third-order valence-corrected chi connectivity index (χ3v) is 4.01. The topological polar surface area (TPSA) is 80.1 Å². The van der Waals surface area contributed by atoms with E-state index in [0.717, 1.165) is 18.9 Å². The van der Waals surface area contributed by atoms with Gasteiger partial charge >= 0.3 is 11.8 Å². The van der Waals surface area contributed by atoms with Crippen molar-refractivity contribution in [3.05, 3.63) is 36.7 Å². The quantitative estimate of drug-likeness (QED) is 0.848. The van der Waals surface area contributed by atoms with Gasteiger partial charge < -0.3 is 10.2 Å². The number of anilines is 1. The molecule has 1 aromatic carbocycles. The maximum Gasteiger partial charge on any atom is 0.313 e. The minimum absolute atomic E-state index is 0.210. The molecule has 0 spiro atoms. The highest BCUT2D eigenvalue weighted by Crippen LogP contribution is 2.19. The normalized spacial score (nSPS) is 17.6. The number of hydrogen-bond donors (Lipinski definition) is 1. The number of halogens is 1. The lowest BCUT2D eigenvalue weighted by Crippen LogP contribution is -2.44. The third-order valence-electron chi connectivity index (χ3n) is 4.01. The van der Waals surface area contributed by atoms with Gasteiger partial charge in [-0.2, -0.15) is 5.10 Å². The van der Waals surface area contributed by atoms with Gasteiger partial charge in [-0.3, -0.25) is 9.59 Å². The van der Waals surface area contributed by atoms with Crippen molar-refractivity contribution in [3.63, 3.8) is 0 Å². The Morgan fingerprint density at radius 3 is 2.88 bits per heavy atom. The van der Waals surface area contributed by atoms with Crippen LogP contribution in [-0.4, -0.2) is 44.6 Å². The van der Waals surface area contributed by atoms with Gasteiger partial charge in [0, 0.05) is 18.8 Å². The predicted molar refractivity (Wildman–Crippen MR) is 84.9 cm³/mol. The number of amides is 2. The highest BCUT2D eigenvalue weighted by atomic mass is 19.1. The first-order valence-electron chi connectivity index (χ1n) is 7.79. The van der Waals surface area contributed by atoms with E-state index in [4.69, 9.17) is 0 Å². The van der Waals surface area contributed by atoms with E-state index in [1.54, 1.807) is 4.90 Å². The second kappa shape index (κ2) is 6.77. The molecule has 24 heavy (non-hydrogen) atoms. The Morgan fingerprint density at radius 1 is 1.38 bits per heavy atom. The number of nitrogens with one attached hydrogen (secondary N) is 1. The first kappa shape index (κ1) is 16.1. The highest BCUT2D eigenvalue weighted by molar-refractivity contribution is 6.39. The summed E-state index contributed by atoms with van der Waals surface area (Å²) in [5, 5.41) is 6.30. The van der Waals surface area contributed by atoms with E-state index >= 15 is 0 Å². The van der Waals surface area contributed by atoms with Crippen LogP contribution in [0.1, 0.15) is 19.8 Å². The summed E-state index contributed by atoms with van der Waals surface area (Å²) in [6, 6.07) is 4.14. The molecule has 0 saturated carbocycles. The van der Waals surface area contributed by atoms with Crippen molar-refractivity contribution < 1.29 is 14.0 Å². The number of rotatable bonds is 2. The number of aromatic nitrogens is 3. The molecule has 1 atom stereocenters. The number of piperidine rings is 1. The number of carbonyl (C=O) groups excluding carboxylic acids is 2. The van der Waals surface area contributed by atoms with E-state index in [1.165, 1.54) is 29.5 Å². The van der Waals surface area contributed by atoms with Gasteiger partial charge in [0.25, 0.3) is 0 Å². The summed E-state index contributed by atoms with van der Waals surface area (Å²) < 4.78 is 15.4. The molecule has 2 amide bonds. The molecule has 2 heterocycles. The van der Waals surface area contributed by atoms with Crippen molar-refractivity contribution in [2.24, 2.45) is 5.92 Å². The van der Waals surface area contributed by atoms with E-state index < -0.39 is 17.6 Å². The molecule has 0 aliphatic carbocycles. The van der Waals surface area contributed by atoms with Crippen LogP contribution in [-0.2, 0) is 9.59 Å². The number of benzene rings is 1. The predicted octanol–water partition coefficient (Wildman–Crippen LogP) is 1.60. The highest BCUT2D eigenvalue weighted by Gasteiger charge is 2.26. The molecule has 126 valence electrons. The van der Waals surface area contributed by atoms with E-state index in [0.29, 0.717) is 19.0 Å². The Balaban J connectivity index is 1.68. The molecule has 1 N–H and O–H groups in total. The molecule has 1 saturated heterocycles. The second-order valence-corrected chi connectivity index (χ2v) is 5.96. The Hall–Kier alpha value is -2.77. The van der Waals surface area contributed by atoms with Crippen LogP contribution in [0.3, 0.4) is 0 Å². The molecule has 7 nitrogen and oxygen atoms in total. The second-order valence-electron chi connectivity index (χ2n) is 5.96. The van der Waals surface area contributed by atoms with Crippen LogP contribution in [0.15, 0.2) is 30.9 Å². The molecular formula is C16H18FN5O2. The van der Waals surface area contributed by atoms with Gasteiger partial charge in [-0.1, -0.05) is 6.92 Å². The van der Waals surface area contributed by atoms with Gasteiger partial charge in [0.2, 0.25) is 0 Å². The average Bonchev–Trinajstić information content (AvgIpc) is 3.08. The fourth-order valence-corrected chi connectivity index (χ4v) is 2.81. The average molecular weight is 331 g/mol. The van der Waals surface area contributed by atoms with Gasteiger partial charge in [-0.15, -0.1) is 0 Å². The summed E-state index contributed by atoms with van der Waals surface area (Å²) in [5.41, 5.74) is 0.432. The molecule has 0 unspecified atom stereocenters. The van der Waals surface area contributed by atoms with Crippen molar-refractivity contribution >= 4 is 17.5 Å². The largest absolute Gasteiger partial charge is 0.334 e. The fraction of sp³-hybridized carbons (Fsp3) is 0.375. The molecule has 0 radical (unpaired) electrons. The van der Waals surface area contributed by atoms with E-state index in [9.17, 15) is 14.0 Å². The van der Waals surface area contributed by atoms with Gasteiger partial charge in [0.1, 0.15) is 18.3 Å². The van der Waals surface area contributed by atoms with Crippen LogP contribution in [0, 0.1) is 11.7 Å². The SMILES string of the molecule is C[C@H]1CCCN(C(=O)C(=O)Nc2ccc(-n3cncn3)c(F)c2)C1. The Morgan fingerprint density at radius 2 is 2.21 bits per heavy atom. The smallest absolute Gasteiger partial charge is 0.313 e. The van der Waals surface area contributed by atoms with Gasteiger partial charge in [0.15, 0.2) is 5.82 Å². The van der Waals surface area contributed by atoms with Crippen molar-refractivity contribution in [1.29, 1.82) is 0 Å². The summed E-state index contributed by atoms with van der Waals surface area (Å²) in [6.45, 7) is 3.21. The first-order chi connectivity index (χ1) is 11.5. The summed E-state index contributed by atoms with van der Waals surface area (Å²) >= 11 is 0. The monoisotopic (exact) mass is 331 g/mol. The molecule has 1 aromatic heterocycles. The maximum absolute atomic E-state index is 14.1. The fourth-order valence-electron chi connectivity index (χ4n) is 2.81. The van der Waals surface area contributed by atoms with Gasteiger partial charge in [0.05, 0.1) is 0 Å². The van der Waals surface area contributed by atoms with Crippen molar-refractivity contribution in [3.8, 4) is 5.69 Å². The lowest BCUT2D eigenvalue weighted by molar-refractivity contribution is -0.144. The zero-order chi connectivity index (χ0) is 17.1. The molecule has 1 aliphatic rings. The lowest BCUT2D eigenvalue weighted by atomic mass is 10.0. The minimum Gasteiger partial charge on any atom is -0.334 e. The molecule has 0 bridgehead atoms. The van der Waals surface area contributed by atoms with Crippen molar-refractivity contribution in [1.82, 2.24) is 19.7 Å². The first-order valence-corrected chi connectivity index (χ1v) is 7.79. The zero-order valence-electron chi connectivity index (χ0n) is 13.3. The van der Waals surface area contributed by atoms with Crippen LogP contribution in [0.5, 0.6) is 0 Å². The number of likely N-dealkylation sites (tertiary alicyclic amines) is 1. The summed E-state index contributed by atoms with van der Waals surface area (Å²) in [6.07, 6.45) is 4.62. The summed E-state index contributed by atoms with van der Waals surface area (Å²) in [5.74, 6) is -1.52. The van der Waals surface area contributed by atoms with Crippen LogP contribution < -0.4 is 5.32 Å². The summed E-state index contributed by atoms with van der Waals surface area (Å²) in [7, 11) is 0. The molecule has 2 aromatic rings. The summed E-state index contributed by atoms with van der Waals surface area (Å²) in [4.78, 5) is 29.6. The van der Waals surface area contributed by atoms with Crippen molar-refractivity contribution in [2.45, 2.75) is 19.8 Å². The van der Waals surface area contributed by atoms with Gasteiger partial charge in [-0.25, -0.2) is 14.1 Å². The van der Waals surface area contributed by atoms with Crippen molar-refractivity contribution in [2.75, 3.05) is 18.4 Å². The Kier molecular flexibility index (Phi) is 4.54. The van der Waals surface area contributed by atoms with Gasteiger partial charge in [-0.05, 0) is 37.0 Å². The van der Waals surface area contributed by atoms with E-state index in [1.807, 2.05) is 0 Å².